The van der Waals surface area contributed by atoms with E-state index in [2.05, 4.69) is 21.3 Å². The first-order chi connectivity index (χ1) is 6.92. The zero-order valence-corrected chi connectivity index (χ0v) is 8.19. The van der Waals surface area contributed by atoms with Gasteiger partial charge < -0.3 is 10.2 Å². The van der Waals surface area contributed by atoms with Gasteiger partial charge in [-0.1, -0.05) is 0 Å². The van der Waals surface area contributed by atoms with Crippen LogP contribution in [0.5, 0.6) is 0 Å². The second kappa shape index (κ2) is 3.24. The summed E-state index contributed by atoms with van der Waals surface area (Å²) in [7, 11) is 0. The summed E-state index contributed by atoms with van der Waals surface area (Å²) < 4.78 is 0. The minimum atomic E-state index is 0.703. The van der Waals surface area contributed by atoms with Crippen LogP contribution in [0, 0.1) is 0 Å². The van der Waals surface area contributed by atoms with Crippen molar-refractivity contribution in [3.05, 3.63) is 24.5 Å². The van der Waals surface area contributed by atoms with E-state index in [9.17, 15) is 0 Å². The van der Waals surface area contributed by atoms with Crippen LogP contribution >= 0.6 is 0 Å². The molecule has 2 aliphatic heterocycles. The molecule has 0 spiro atoms. The van der Waals surface area contributed by atoms with Gasteiger partial charge in [-0.2, -0.15) is 0 Å². The Bertz CT molecular complexity index is 300. The van der Waals surface area contributed by atoms with Crippen molar-refractivity contribution in [3.63, 3.8) is 0 Å². The van der Waals surface area contributed by atoms with Crippen molar-refractivity contribution in [2.75, 3.05) is 18.0 Å². The Morgan fingerprint density at radius 2 is 2.07 bits per heavy atom. The third-order valence-corrected chi connectivity index (χ3v) is 3.23. The molecule has 1 aromatic rings. The van der Waals surface area contributed by atoms with Crippen LogP contribution in [0.3, 0.4) is 0 Å². The predicted octanol–water partition coefficient (Wildman–Crippen LogP) is 1.02. The number of nitrogens with zero attached hydrogens (tertiary/aromatic N) is 2. The van der Waals surface area contributed by atoms with Crippen LogP contribution in [0.25, 0.3) is 0 Å². The molecule has 0 aliphatic carbocycles. The highest BCUT2D eigenvalue weighted by Crippen LogP contribution is 2.24. The summed E-state index contributed by atoms with van der Waals surface area (Å²) in [6.07, 6.45) is 6.47. The molecule has 0 radical (unpaired) electrons. The molecule has 0 saturated carbocycles. The van der Waals surface area contributed by atoms with E-state index in [1.165, 1.54) is 18.5 Å². The maximum Gasteiger partial charge on any atom is 0.0553 e. The van der Waals surface area contributed by atoms with Crippen molar-refractivity contribution < 1.29 is 0 Å². The number of hydrogen-bond acceptors (Lipinski definition) is 3. The molecule has 74 valence electrons. The molecule has 0 amide bonds. The lowest BCUT2D eigenvalue weighted by Crippen LogP contribution is -2.51. The first kappa shape index (κ1) is 8.24. The Morgan fingerprint density at radius 1 is 1.29 bits per heavy atom. The molecule has 2 aliphatic rings. The molecule has 1 aromatic heterocycles. The van der Waals surface area contributed by atoms with E-state index in [4.69, 9.17) is 0 Å². The highest BCUT2D eigenvalue weighted by atomic mass is 15.2. The van der Waals surface area contributed by atoms with E-state index in [1.807, 2.05) is 18.5 Å². The molecule has 3 heteroatoms. The van der Waals surface area contributed by atoms with E-state index in [-0.39, 0.29) is 0 Å². The minimum Gasteiger partial charge on any atom is -0.367 e. The maximum atomic E-state index is 4.17. The first-order valence-corrected chi connectivity index (χ1v) is 5.33. The van der Waals surface area contributed by atoms with Gasteiger partial charge >= 0.3 is 0 Å². The van der Waals surface area contributed by atoms with Crippen LogP contribution in [-0.2, 0) is 0 Å². The van der Waals surface area contributed by atoms with Crippen LogP contribution in [0.4, 0.5) is 5.69 Å². The Labute approximate surface area is 84.1 Å². The summed E-state index contributed by atoms with van der Waals surface area (Å²) in [5, 5.41) is 3.63. The van der Waals surface area contributed by atoms with Crippen LogP contribution in [0.15, 0.2) is 24.5 Å². The van der Waals surface area contributed by atoms with Gasteiger partial charge in [-0.15, -0.1) is 0 Å². The normalized spacial score (nSPS) is 30.7. The lowest BCUT2D eigenvalue weighted by atomic mass is 10.2. The van der Waals surface area contributed by atoms with Crippen LogP contribution in [0.2, 0.25) is 0 Å². The third kappa shape index (κ3) is 1.38. The van der Waals surface area contributed by atoms with Crippen LogP contribution < -0.4 is 10.2 Å². The lowest BCUT2D eigenvalue weighted by molar-refractivity contribution is 0.465. The molecular formula is C11H15N3. The van der Waals surface area contributed by atoms with Crippen LogP contribution in [-0.4, -0.2) is 30.2 Å². The summed E-state index contributed by atoms with van der Waals surface area (Å²) in [6, 6.07) is 5.57. The van der Waals surface area contributed by atoms with E-state index in [0.717, 1.165) is 13.1 Å². The molecular weight excluding hydrogens is 174 g/mol. The van der Waals surface area contributed by atoms with Gasteiger partial charge in [0, 0.05) is 31.4 Å². The third-order valence-electron chi connectivity index (χ3n) is 3.23. The molecule has 2 fully saturated rings. The van der Waals surface area contributed by atoms with Crippen molar-refractivity contribution in [1.82, 2.24) is 10.3 Å². The largest absolute Gasteiger partial charge is 0.367 e. The predicted molar refractivity (Wildman–Crippen MR) is 56.4 cm³/mol. The van der Waals surface area contributed by atoms with E-state index in [1.54, 1.807) is 0 Å². The van der Waals surface area contributed by atoms with Crippen molar-refractivity contribution in [3.8, 4) is 0 Å². The molecule has 14 heavy (non-hydrogen) atoms. The number of nitrogens with one attached hydrogen (secondary N) is 1. The average molecular weight is 189 g/mol. The Balaban J connectivity index is 1.81. The zero-order valence-electron chi connectivity index (χ0n) is 8.19. The number of fused-ring (bicyclic) bond motifs is 2. The summed E-state index contributed by atoms with van der Waals surface area (Å²) in [4.78, 5) is 6.62. The van der Waals surface area contributed by atoms with Crippen molar-refractivity contribution in [2.45, 2.75) is 24.9 Å². The second-order valence-electron chi connectivity index (χ2n) is 4.25. The van der Waals surface area contributed by atoms with Gasteiger partial charge in [0.2, 0.25) is 0 Å². The maximum absolute atomic E-state index is 4.17. The number of rotatable bonds is 1. The quantitative estimate of drug-likeness (QED) is 0.715. The molecule has 0 aromatic carbocycles. The van der Waals surface area contributed by atoms with Gasteiger partial charge in [0.1, 0.15) is 0 Å². The molecule has 3 rings (SSSR count). The van der Waals surface area contributed by atoms with Gasteiger partial charge in [-0.05, 0) is 25.0 Å². The minimum absolute atomic E-state index is 0.703. The number of hydrogen-bond donors (Lipinski definition) is 1. The molecule has 1 N–H and O–H groups in total. The van der Waals surface area contributed by atoms with Crippen molar-refractivity contribution >= 4 is 5.69 Å². The summed E-state index contributed by atoms with van der Waals surface area (Å²) >= 11 is 0. The van der Waals surface area contributed by atoms with E-state index in [0.29, 0.717) is 12.1 Å². The summed E-state index contributed by atoms with van der Waals surface area (Å²) in [5.74, 6) is 0. The van der Waals surface area contributed by atoms with Crippen LogP contribution in [0.1, 0.15) is 12.8 Å². The fraction of sp³-hybridized carbons (Fsp3) is 0.545. The molecule has 3 nitrogen and oxygen atoms in total. The standard InChI is InChI=1S/C11H15N3/c1-2-11(6-12-5-1)14-7-9-3-4-10(8-14)13-9/h1-2,5-6,9-10,13H,3-4,7-8H2. The molecule has 3 heterocycles. The second-order valence-corrected chi connectivity index (χ2v) is 4.25. The van der Waals surface area contributed by atoms with Gasteiger partial charge in [0.05, 0.1) is 11.9 Å². The lowest BCUT2D eigenvalue weighted by Gasteiger charge is -2.34. The first-order valence-electron chi connectivity index (χ1n) is 5.33. The smallest absolute Gasteiger partial charge is 0.0553 e. The average Bonchev–Trinajstić information content (AvgIpc) is 2.59. The topological polar surface area (TPSA) is 28.2 Å². The number of anilines is 1. The SMILES string of the molecule is c1cncc(N2CC3CCC(C2)N3)c1. The van der Waals surface area contributed by atoms with Gasteiger partial charge in [-0.25, -0.2) is 0 Å². The zero-order chi connectivity index (χ0) is 9.38. The van der Waals surface area contributed by atoms with Crippen molar-refractivity contribution in [1.29, 1.82) is 0 Å². The summed E-state index contributed by atoms with van der Waals surface area (Å²) in [6.45, 7) is 2.28. The van der Waals surface area contributed by atoms with Crippen molar-refractivity contribution in [2.24, 2.45) is 0 Å². The monoisotopic (exact) mass is 189 g/mol. The molecule has 2 atom stereocenters. The van der Waals surface area contributed by atoms with Gasteiger partial charge in [-0.3, -0.25) is 4.98 Å². The Morgan fingerprint density at radius 3 is 2.71 bits per heavy atom. The number of aromatic nitrogens is 1. The fourth-order valence-electron chi connectivity index (χ4n) is 2.55. The van der Waals surface area contributed by atoms with E-state index < -0.39 is 0 Å². The van der Waals surface area contributed by atoms with Gasteiger partial charge in [0.25, 0.3) is 0 Å². The van der Waals surface area contributed by atoms with Gasteiger partial charge in [0.15, 0.2) is 0 Å². The molecule has 2 saturated heterocycles. The Kier molecular flexibility index (Phi) is 1.91. The highest BCUT2D eigenvalue weighted by molar-refractivity contribution is 5.45. The Hall–Kier alpha value is -1.09. The number of pyridine rings is 1. The highest BCUT2D eigenvalue weighted by Gasteiger charge is 2.31. The fourth-order valence-corrected chi connectivity index (χ4v) is 2.55. The molecule has 2 unspecified atom stereocenters. The molecule has 2 bridgehead atoms. The number of piperazine rings is 1. The van der Waals surface area contributed by atoms with E-state index >= 15 is 0 Å². The summed E-state index contributed by atoms with van der Waals surface area (Å²) in [5.41, 5.74) is 1.27.